The molecule has 0 bridgehead atoms. The summed E-state index contributed by atoms with van der Waals surface area (Å²) in [5.74, 6) is 1.94. The van der Waals surface area contributed by atoms with E-state index in [9.17, 15) is 0 Å². The third-order valence-electron chi connectivity index (χ3n) is 12.0. The van der Waals surface area contributed by atoms with Gasteiger partial charge in [0.15, 0.2) is 11.3 Å². The fourth-order valence-corrected chi connectivity index (χ4v) is 9.04. The minimum atomic E-state index is -0.285. The van der Waals surface area contributed by atoms with E-state index in [1.54, 1.807) is 0 Å². The van der Waals surface area contributed by atoms with Gasteiger partial charge >= 0.3 is 0 Å². The Morgan fingerprint density at radius 2 is 1.22 bits per heavy atom. The summed E-state index contributed by atoms with van der Waals surface area (Å²) in [5, 5.41) is 0.998. The standard InChI is InChI=1S/C52H38N4O2/c1-52-32-42(40-8-4-6-38(30-40)34-19-25-54-26-20-34)14-16-47(52)58-50-44(22-28-56(2)51(50)52)36-11-9-35(10-12-36)43-21-27-55-48-45-31-41(13-15-46(45)57-49(43)48)39-7-3-5-37(29-39)33-17-23-53-24-18-33/h3-27,29-31H,28,32H2,1-2H3. The van der Waals surface area contributed by atoms with Crippen LogP contribution in [0.25, 0.3) is 77.7 Å². The number of likely N-dealkylation sites (N-methyl/N-ethyl adjacent to an activating group) is 1. The average molecular weight is 751 g/mol. The SMILES string of the molecule is CN1CC=C(c2ccc(-c3ccnc4c3oc3ccc(-c5cccc(-c6ccncc6)c5)cc34)cc2)C2=C1C1(C)CC(c3cccc(-c4ccncc4)c3)=CC=C1O2. The largest absolute Gasteiger partial charge is 0.458 e. The number of aromatic nitrogens is 3. The van der Waals surface area contributed by atoms with Crippen molar-refractivity contribution in [3.63, 3.8) is 0 Å². The summed E-state index contributed by atoms with van der Waals surface area (Å²) in [6, 6.07) is 42.8. The number of ether oxygens (including phenoxy) is 1. The van der Waals surface area contributed by atoms with Gasteiger partial charge in [0.1, 0.15) is 16.9 Å². The van der Waals surface area contributed by atoms with Gasteiger partial charge < -0.3 is 14.1 Å². The summed E-state index contributed by atoms with van der Waals surface area (Å²) in [4.78, 5) is 15.6. The normalized spacial score (nSPS) is 17.4. The van der Waals surface area contributed by atoms with Crippen molar-refractivity contribution in [3.8, 4) is 44.5 Å². The third kappa shape index (κ3) is 5.59. The Bertz CT molecular complexity index is 3050. The topological polar surface area (TPSA) is 64.3 Å². The zero-order valence-electron chi connectivity index (χ0n) is 32.2. The summed E-state index contributed by atoms with van der Waals surface area (Å²) in [6.45, 7) is 3.13. The lowest BCUT2D eigenvalue weighted by atomic mass is 9.73. The molecule has 6 heteroatoms. The molecule has 3 aliphatic rings. The number of pyridine rings is 3. The van der Waals surface area contributed by atoms with Crippen molar-refractivity contribution in [1.29, 1.82) is 0 Å². The van der Waals surface area contributed by atoms with Crippen LogP contribution in [-0.4, -0.2) is 33.4 Å². The first-order valence-electron chi connectivity index (χ1n) is 19.7. The van der Waals surface area contributed by atoms with E-state index in [4.69, 9.17) is 14.1 Å². The van der Waals surface area contributed by atoms with Crippen molar-refractivity contribution in [2.75, 3.05) is 13.6 Å². The van der Waals surface area contributed by atoms with Crippen molar-refractivity contribution in [2.45, 2.75) is 13.3 Å². The van der Waals surface area contributed by atoms with Crippen molar-refractivity contribution in [2.24, 2.45) is 5.41 Å². The van der Waals surface area contributed by atoms with Gasteiger partial charge in [0.25, 0.3) is 0 Å². The molecule has 0 amide bonds. The van der Waals surface area contributed by atoms with Crippen molar-refractivity contribution < 1.29 is 9.15 Å². The van der Waals surface area contributed by atoms with E-state index in [0.29, 0.717) is 0 Å². The third-order valence-corrected chi connectivity index (χ3v) is 12.0. The Morgan fingerprint density at radius 1 is 0.603 bits per heavy atom. The molecule has 58 heavy (non-hydrogen) atoms. The molecule has 8 aromatic rings. The summed E-state index contributed by atoms with van der Waals surface area (Å²) in [7, 11) is 2.18. The molecule has 6 nitrogen and oxygen atoms in total. The van der Waals surface area contributed by atoms with Crippen LogP contribution < -0.4 is 0 Å². The second-order valence-corrected chi connectivity index (χ2v) is 15.6. The van der Waals surface area contributed by atoms with Gasteiger partial charge in [0.05, 0.1) is 11.1 Å². The number of fused-ring (bicyclic) bond motifs is 5. The quantitative estimate of drug-likeness (QED) is 0.169. The Kier molecular flexibility index (Phi) is 7.86. The minimum Gasteiger partial charge on any atom is -0.458 e. The van der Waals surface area contributed by atoms with Gasteiger partial charge in [-0.2, -0.15) is 0 Å². The Morgan fingerprint density at radius 3 is 1.95 bits per heavy atom. The van der Waals surface area contributed by atoms with Gasteiger partial charge in [-0.1, -0.05) is 78.9 Å². The van der Waals surface area contributed by atoms with Crippen LogP contribution in [0.4, 0.5) is 0 Å². The van der Waals surface area contributed by atoms with Crippen LogP contribution in [0.15, 0.2) is 192 Å². The lowest BCUT2D eigenvalue weighted by molar-refractivity contribution is 0.269. The maximum absolute atomic E-state index is 6.82. The number of rotatable bonds is 6. The Balaban J connectivity index is 0.888. The monoisotopic (exact) mass is 750 g/mol. The van der Waals surface area contributed by atoms with Gasteiger partial charge in [0, 0.05) is 61.1 Å². The van der Waals surface area contributed by atoms with E-state index in [-0.39, 0.29) is 5.41 Å². The van der Waals surface area contributed by atoms with E-state index in [1.165, 1.54) is 22.4 Å². The van der Waals surface area contributed by atoms with Crippen molar-refractivity contribution >= 4 is 33.2 Å². The van der Waals surface area contributed by atoms with Crippen LogP contribution in [0.2, 0.25) is 0 Å². The Labute approximate surface area is 336 Å². The molecule has 0 radical (unpaired) electrons. The molecule has 0 saturated heterocycles. The van der Waals surface area contributed by atoms with E-state index in [1.807, 2.05) is 49.2 Å². The molecule has 278 valence electrons. The molecule has 0 saturated carbocycles. The lowest BCUT2D eigenvalue weighted by Gasteiger charge is -2.36. The lowest BCUT2D eigenvalue weighted by Crippen LogP contribution is -2.33. The average Bonchev–Trinajstić information content (AvgIpc) is 3.82. The first-order chi connectivity index (χ1) is 28.5. The molecule has 4 aromatic carbocycles. The summed E-state index contributed by atoms with van der Waals surface area (Å²) in [6.07, 6.45) is 16.8. The van der Waals surface area contributed by atoms with Gasteiger partial charge in [-0.05, 0) is 130 Å². The highest BCUT2D eigenvalue weighted by Crippen LogP contribution is 2.57. The number of benzene rings is 4. The van der Waals surface area contributed by atoms with Crippen LogP contribution in [0.5, 0.6) is 0 Å². The molecular weight excluding hydrogens is 713 g/mol. The number of hydrogen-bond acceptors (Lipinski definition) is 6. The molecule has 4 aromatic heterocycles. The minimum absolute atomic E-state index is 0.285. The predicted molar refractivity (Wildman–Crippen MR) is 233 cm³/mol. The zero-order valence-corrected chi connectivity index (χ0v) is 32.2. The van der Waals surface area contributed by atoms with E-state index < -0.39 is 0 Å². The van der Waals surface area contributed by atoms with E-state index in [0.717, 1.165) is 96.6 Å². The number of allylic oxidation sites excluding steroid dienone is 4. The zero-order chi connectivity index (χ0) is 38.8. The number of nitrogens with zero attached hydrogens (tertiary/aromatic N) is 4. The molecule has 0 fully saturated rings. The highest BCUT2D eigenvalue weighted by Gasteiger charge is 2.49. The maximum atomic E-state index is 6.82. The maximum Gasteiger partial charge on any atom is 0.161 e. The van der Waals surface area contributed by atoms with Gasteiger partial charge in [-0.25, -0.2) is 0 Å². The van der Waals surface area contributed by atoms with Crippen LogP contribution in [0.1, 0.15) is 24.5 Å². The summed E-state index contributed by atoms with van der Waals surface area (Å²) >= 11 is 0. The highest BCUT2D eigenvalue weighted by atomic mass is 16.5. The van der Waals surface area contributed by atoms with Crippen molar-refractivity contribution in [1.82, 2.24) is 19.9 Å². The molecule has 1 aliphatic carbocycles. The smallest absolute Gasteiger partial charge is 0.161 e. The first-order valence-corrected chi connectivity index (χ1v) is 19.7. The summed E-state index contributed by atoms with van der Waals surface area (Å²) in [5.41, 5.74) is 17.2. The highest BCUT2D eigenvalue weighted by molar-refractivity contribution is 6.08. The Hall–Kier alpha value is -7.31. The second kappa shape index (κ2) is 13.4. The molecule has 0 spiro atoms. The fraction of sp³-hybridized carbons (Fsp3) is 0.0962. The van der Waals surface area contributed by atoms with Gasteiger partial charge in [-0.3, -0.25) is 15.0 Å². The van der Waals surface area contributed by atoms with Gasteiger partial charge in [-0.15, -0.1) is 0 Å². The first kappa shape index (κ1) is 34.0. The van der Waals surface area contributed by atoms with Gasteiger partial charge in [0.2, 0.25) is 0 Å². The van der Waals surface area contributed by atoms with Crippen molar-refractivity contribution in [3.05, 3.63) is 199 Å². The molecular formula is C52H38N4O2. The van der Waals surface area contributed by atoms with Crippen LogP contribution in [0.3, 0.4) is 0 Å². The molecule has 11 rings (SSSR count). The second-order valence-electron chi connectivity index (χ2n) is 15.6. The van der Waals surface area contributed by atoms with E-state index >= 15 is 0 Å². The number of hydrogen-bond donors (Lipinski definition) is 0. The van der Waals surface area contributed by atoms with Crippen LogP contribution in [0, 0.1) is 5.41 Å². The van der Waals surface area contributed by atoms with Crippen LogP contribution >= 0.6 is 0 Å². The summed E-state index contributed by atoms with van der Waals surface area (Å²) < 4.78 is 13.4. The molecule has 6 heterocycles. The van der Waals surface area contributed by atoms with Crippen LogP contribution in [-0.2, 0) is 4.74 Å². The molecule has 1 atom stereocenters. The molecule has 1 unspecified atom stereocenters. The van der Waals surface area contributed by atoms with E-state index in [2.05, 4.69) is 150 Å². The molecule has 2 aliphatic heterocycles. The number of furan rings is 1. The molecule has 0 N–H and O–H groups in total. The predicted octanol–water partition coefficient (Wildman–Crippen LogP) is 12.4. The fourth-order valence-electron chi connectivity index (χ4n) is 9.04.